The second-order valence-corrected chi connectivity index (χ2v) is 9.46. The molecule has 1 saturated heterocycles. The Hall–Kier alpha value is -2.45. The standard InChI is InChI=1S/C23H29FN2O4S/c1-30-22-13-12-20(17-21(22)23(27)26-15-4-2-3-5-16-26)31(28,29)25-14-6-7-18-8-10-19(24)11-9-18/h8-13,17,25H,2-7,14-16H2,1H3. The number of carbonyl (C=O) groups is 1. The first kappa shape index (κ1) is 23.2. The number of amides is 1. The molecule has 1 amide bonds. The summed E-state index contributed by atoms with van der Waals surface area (Å²) >= 11 is 0. The van der Waals surface area contributed by atoms with Gasteiger partial charge in [-0.05, 0) is 61.6 Å². The summed E-state index contributed by atoms with van der Waals surface area (Å²) in [6, 6.07) is 10.5. The van der Waals surface area contributed by atoms with Crippen molar-refractivity contribution in [3.8, 4) is 5.75 Å². The number of hydrogen-bond donors (Lipinski definition) is 1. The smallest absolute Gasteiger partial charge is 0.257 e. The Balaban J connectivity index is 1.68. The third-order valence-electron chi connectivity index (χ3n) is 5.45. The number of nitrogens with one attached hydrogen (secondary N) is 1. The lowest BCUT2D eigenvalue weighted by Crippen LogP contribution is -2.32. The van der Waals surface area contributed by atoms with Gasteiger partial charge >= 0.3 is 0 Å². The van der Waals surface area contributed by atoms with E-state index >= 15 is 0 Å². The van der Waals surface area contributed by atoms with Crippen LogP contribution in [-0.4, -0.2) is 46.0 Å². The van der Waals surface area contributed by atoms with Gasteiger partial charge in [-0.2, -0.15) is 0 Å². The first-order chi connectivity index (χ1) is 14.9. The fourth-order valence-corrected chi connectivity index (χ4v) is 4.80. The molecule has 31 heavy (non-hydrogen) atoms. The monoisotopic (exact) mass is 448 g/mol. The predicted molar refractivity (Wildman–Crippen MR) is 117 cm³/mol. The summed E-state index contributed by atoms with van der Waals surface area (Å²) in [5.74, 6) is -0.133. The Labute approximate surface area is 183 Å². The van der Waals surface area contributed by atoms with Crippen molar-refractivity contribution in [2.45, 2.75) is 43.4 Å². The van der Waals surface area contributed by atoms with Crippen molar-refractivity contribution >= 4 is 15.9 Å². The van der Waals surface area contributed by atoms with Gasteiger partial charge in [-0.15, -0.1) is 0 Å². The molecular weight excluding hydrogens is 419 g/mol. The quantitative estimate of drug-likeness (QED) is 0.624. The molecule has 1 heterocycles. The molecule has 2 aromatic rings. The highest BCUT2D eigenvalue weighted by Crippen LogP contribution is 2.25. The Morgan fingerprint density at radius 2 is 1.74 bits per heavy atom. The van der Waals surface area contributed by atoms with Crippen LogP contribution in [0.5, 0.6) is 5.75 Å². The minimum atomic E-state index is -3.78. The van der Waals surface area contributed by atoms with Crippen molar-refractivity contribution in [1.29, 1.82) is 0 Å². The Bertz CT molecular complexity index is 985. The highest BCUT2D eigenvalue weighted by atomic mass is 32.2. The fraction of sp³-hybridized carbons (Fsp3) is 0.435. The van der Waals surface area contributed by atoms with Crippen LogP contribution in [0.2, 0.25) is 0 Å². The highest BCUT2D eigenvalue weighted by Gasteiger charge is 2.24. The molecule has 0 bridgehead atoms. The summed E-state index contributed by atoms with van der Waals surface area (Å²) in [7, 11) is -2.31. The summed E-state index contributed by atoms with van der Waals surface area (Å²) in [6.45, 7) is 1.57. The van der Waals surface area contributed by atoms with E-state index in [0.29, 0.717) is 31.7 Å². The van der Waals surface area contributed by atoms with Crippen LogP contribution in [0.4, 0.5) is 4.39 Å². The SMILES string of the molecule is COc1ccc(S(=O)(=O)NCCCc2ccc(F)cc2)cc1C(=O)N1CCCCCC1. The van der Waals surface area contributed by atoms with E-state index in [1.54, 1.807) is 17.0 Å². The van der Waals surface area contributed by atoms with E-state index in [9.17, 15) is 17.6 Å². The van der Waals surface area contributed by atoms with Crippen LogP contribution >= 0.6 is 0 Å². The molecule has 1 fully saturated rings. The molecule has 6 nitrogen and oxygen atoms in total. The van der Waals surface area contributed by atoms with Gasteiger partial charge in [0.05, 0.1) is 17.6 Å². The predicted octanol–water partition coefficient (Wildman–Crippen LogP) is 3.76. The van der Waals surface area contributed by atoms with E-state index in [4.69, 9.17) is 4.74 Å². The molecule has 0 saturated carbocycles. The zero-order valence-electron chi connectivity index (χ0n) is 17.8. The zero-order chi connectivity index (χ0) is 22.3. The van der Waals surface area contributed by atoms with Crippen molar-refractivity contribution < 1.29 is 22.3 Å². The molecule has 0 unspecified atom stereocenters. The minimum absolute atomic E-state index is 0.0354. The molecule has 0 radical (unpaired) electrons. The van der Waals surface area contributed by atoms with Gasteiger partial charge in [-0.25, -0.2) is 17.5 Å². The Morgan fingerprint density at radius 1 is 1.06 bits per heavy atom. The van der Waals surface area contributed by atoms with Gasteiger partial charge in [-0.1, -0.05) is 25.0 Å². The molecule has 3 rings (SSSR count). The summed E-state index contributed by atoms with van der Waals surface area (Å²) in [5.41, 5.74) is 1.20. The lowest BCUT2D eigenvalue weighted by atomic mass is 10.1. The lowest BCUT2D eigenvalue weighted by molar-refractivity contribution is 0.0758. The number of rotatable bonds is 8. The number of hydrogen-bond acceptors (Lipinski definition) is 4. The number of sulfonamides is 1. The van der Waals surface area contributed by atoms with Crippen molar-refractivity contribution in [3.05, 3.63) is 59.4 Å². The number of aryl methyl sites for hydroxylation is 1. The van der Waals surface area contributed by atoms with Crippen LogP contribution in [0.15, 0.2) is 47.4 Å². The second kappa shape index (κ2) is 10.7. The van der Waals surface area contributed by atoms with E-state index in [-0.39, 0.29) is 28.7 Å². The number of benzene rings is 2. The first-order valence-electron chi connectivity index (χ1n) is 10.6. The van der Waals surface area contributed by atoms with Gasteiger partial charge in [-0.3, -0.25) is 4.79 Å². The Kier molecular flexibility index (Phi) is 8.03. The molecule has 168 valence electrons. The average molecular weight is 449 g/mol. The summed E-state index contributed by atoms with van der Waals surface area (Å²) in [6.07, 6.45) is 5.28. The van der Waals surface area contributed by atoms with Gasteiger partial charge in [0.1, 0.15) is 11.6 Å². The molecule has 1 aliphatic heterocycles. The van der Waals surface area contributed by atoms with Crippen molar-refractivity contribution in [2.24, 2.45) is 0 Å². The maximum absolute atomic E-state index is 13.1. The van der Waals surface area contributed by atoms with Crippen molar-refractivity contribution in [3.63, 3.8) is 0 Å². The van der Waals surface area contributed by atoms with E-state index in [2.05, 4.69) is 4.72 Å². The summed E-state index contributed by atoms with van der Waals surface area (Å²) in [4.78, 5) is 14.9. The molecule has 0 atom stereocenters. The van der Waals surface area contributed by atoms with E-state index in [1.807, 2.05) is 0 Å². The highest BCUT2D eigenvalue weighted by molar-refractivity contribution is 7.89. The fourth-order valence-electron chi connectivity index (χ4n) is 3.70. The van der Waals surface area contributed by atoms with Gasteiger partial charge in [0.15, 0.2) is 0 Å². The van der Waals surface area contributed by atoms with Gasteiger partial charge < -0.3 is 9.64 Å². The zero-order valence-corrected chi connectivity index (χ0v) is 18.6. The van der Waals surface area contributed by atoms with Crippen molar-refractivity contribution in [2.75, 3.05) is 26.7 Å². The van der Waals surface area contributed by atoms with Crippen LogP contribution < -0.4 is 9.46 Å². The number of halogens is 1. The normalized spacial score (nSPS) is 14.8. The second-order valence-electron chi connectivity index (χ2n) is 7.70. The van der Waals surface area contributed by atoms with E-state index < -0.39 is 10.0 Å². The number of likely N-dealkylation sites (tertiary alicyclic amines) is 1. The van der Waals surface area contributed by atoms with E-state index in [0.717, 1.165) is 31.2 Å². The average Bonchev–Trinajstić information content (AvgIpc) is 3.06. The van der Waals surface area contributed by atoms with Gasteiger partial charge in [0.25, 0.3) is 5.91 Å². The van der Waals surface area contributed by atoms with Gasteiger partial charge in [0.2, 0.25) is 10.0 Å². The summed E-state index contributed by atoms with van der Waals surface area (Å²) in [5, 5.41) is 0. The maximum atomic E-state index is 13.1. The topological polar surface area (TPSA) is 75.7 Å². The van der Waals surface area contributed by atoms with Crippen LogP contribution in [-0.2, 0) is 16.4 Å². The minimum Gasteiger partial charge on any atom is -0.496 e. The third-order valence-corrected chi connectivity index (χ3v) is 6.91. The number of methoxy groups -OCH3 is 1. The molecule has 0 aromatic heterocycles. The largest absolute Gasteiger partial charge is 0.496 e. The van der Waals surface area contributed by atoms with Crippen LogP contribution in [0.3, 0.4) is 0 Å². The molecule has 1 N–H and O–H groups in total. The van der Waals surface area contributed by atoms with Crippen LogP contribution in [0.1, 0.15) is 48.0 Å². The maximum Gasteiger partial charge on any atom is 0.257 e. The molecule has 0 spiro atoms. The summed E-state index contributed by atoms with van der Waals surface area (Å²) < 4.78 is 46.4. The van der Waals surface area contributed by atoms with E-state index in [1.165, 1.54) is 37.4 Å². The number of nitrogens with zero attached hydrogens (tertiary/aromatic N) is 1. The molecule has 8 heteroatoms. The third kappa shape index (κ3) is 6.27. The number of carbonyl (C=O) groups excluding carboxylic acids is 1. The molecular formula is C23H29FN2O4S. The molecule has 2 aromatic carbocycles. The lowest BCUT2D eigenvalue weighted by Gasteiger charge is -2.22. The number of ether oxygens (including phenoxy) is 1. The van der Waals surface area contributed by atoms with Gasteiger partial charge in [0, 0.05) is 19.6 Å². The Morgan fingerprint density at radius 3 is 2.39 bits per heavy atom. The van der Waals surface area contributed by atoms with Crippen LogP contribution in [0, 0.1) is 5.82 Å². The van der Waals surface area contributed by atoms with Crippen LogP contribution in [0.25, 0.3) is 0 Å². The van der Waals surface area contributed by atoms with Crippen molar-refractivity contribution in [1.82, 2.24) is 9.62 Å². The molecule has 0 aliphatic carbocycles. The molecule has 1 aliphatic rings. The first-order valence-corrected chi connectivity index (χ1v) is 12.1.